The molecule has 28 heavy (non-hydrogen) atoms. The molecule has 1 aliphatic heterocycles. The van der Waals surface area contributed by atoms with Gasteiger partial charge >= 0.3 is 6.18 Å². The number of hydrogen-bond acceptors (Lipinski definition) is 4. The van der Waals surface area contributed by atoms with Crippen LogP contribution in [0.25, 0.3) is 0 Å². The third-order valence-electron chi connectivity index (χ3n) is 4.24. The fourth-order valence-corrected chi connectivity index (χ4v) is 2.96. The summed E-state index contributed by atoms with van der Waals surface area (Å²) in [5.74, 6) is 2.11. The maximum absolute atomic E-state index is 12.0. The minimum atomic E-state index is -4.28. The van der Waals surface area contributed by atoms with E-state index < -0.39 is 12.8 Å². The largest absolute Gasteiger partial charge is 0.493 e. The maximum Gasteiger partial charge on any atom is 0.411 e. The number of methoxy groups -OCH3 is 2. The molecule has 160 valence electrons. The summed E-state index contributed by atoms with van der Waals surface area (Å²) in [6.45, 7) is 0.770. The van der Waals surface area contributed by atoms with Crippen molar-refractivity contribution in [1.82, 2.24) is 10.2 Å². The number of nitrogens with one attached hydrogen (secondary N) is 1. The first-order valence-corrected chi connectivity index (χ1v) is 8.71. The minimum Gasteiger partial charge on any atom is -0.493 e. The van der Waals surface area contributed by atoms with Crippen molar-refractivity contribution in [3.05, 3.63) is 23.3 Å². The predicted octanol–water partition coefficient (Wildman–Crippen LogP) is 3.22. The van der Waals surface area contributed by atoms with Gasteiger partial charge in [0.05, 0.1) is 14.2 Å². The highest BCUT2D eigenvalue weighted by atomic mass is 127. The topological polar surface area (TPSA) is 55.3 Å². The number of alkyl halides is 3. The van der Waals surface area contributed by atoms with Gasteiger partial charge in [-0.3, -0.25) is 4.99 Å². The van der Waals surface area contributed by atoms with Crippen LogP contribution in [0.3, 0.4) is 0 Å². The van der Waals surface area contributed by atoms with Crippen LogP contribution in [0.15, 0.2) is 17.1 Å². The van der Waals surface area contributed by atoms with Crippen LogP contribution in [0.4, 0.5) is 13.2 Å². The number of ether oxygens (including phenoxy) is 3. The smallest absolute Gasteiger partial charge is 0.411 e. The van der Waals surface area contributed by atoms with Crippen LogP contribution in [0.1, 0.15) is 17.5 Å². The molecule has 2 rings (SSSR count). The number of nitrogens with zero attached hydrogens (tertiary/aromatic N) is 2. The zero-order chi connectivity index (χ0) is 19.9. The Bertz CT molecular complexity index is 657. The van der Waals surface area contributed by atoms with Gasteiger partial charge < -0.3 is 24.4 Å². The van der Waals surface area contributed by atoms with Crippen LogP contribution >= 0.6 is 24.0 Å². The first-order chi connectivity index (χ1) is 12.9. The Morgan fingerprint density at radius 2 is 1.82 bits per heavy atom. The van der Waals surface area contributed by atoms with Crippen molar-refractivity contribution in [3.8, 4) is 11.5 Å². The molecule has 1 aromatic carbocycles. The molecule has 0 fully saturated rings. The number of fused-ring (bicyclic) bond motifs is 1. The molecule has 0 unspecified atom stereocenters. The molecule has 0 radical (unpaired) electrons. The van der Waals surface area contributed by atoms with Crippen molar-refractivity contribution >= 4 is 29.9 Å². The summed E-state index contributed by atoms with van der Waals surface area (Å²) in [5.41, 5.74) is 2.34. The summed E-state index contributed by atoms with van der Waals surface area (Å²) >= 11 is 0. The number of hydrogen-bond donors (Lipinski definition) is 1. The average molecular weight is 517 g/mol. The van der Waals surface area contributed by atoms with E-state index in [2.05, 4.69) is 19.9 Å². The lowest BCUT2D eigenvalue weighted by Gasteiger charge is -2.32. The summed E-state index contributed by atoms with van der Waals surface area (Å²) in [6, 6.07) is 3.97. The van der Waals surface area contributed by atoms with Crippen molar-refractivity contribution in [3.63, 3.8) is 0 Å². The third-order valence-corrected chi connectivity index (χ3v) is 4.24. The molecular formula is C18H27F3IN3O3. The molecule has 0 aliphatic carbocycles. The van der Waals surface area contributed by atoms with Gasteiger partial charge in [0.15, 0.2) is 17.5 Å². The van der Waals surface area contributed by atoms with Crippen LogP contribution in [-0.2, 0) is 17.7 Å². The van der Waals surface area contributed by atoms with Gasteiger partial charge in [-0.05, 0) is 36.1 Å². The lowest BCUT2D eigenvalue weighted by Crippen LogP contribution is -2.44. The summed E-state index contributed by atoms with van der Waals surface area (Å²) in [4.78, 5) is 6.37. The van der Waals surface area contributed by atoms with Gasteiger partial charge in [0.1, 0.15) is 6.61 Å². The molecule has 0 saturated heterocycles. The second kappa shape index (κ2) is 11.5. The molecule has 0 saturated carbocycles. The number of aliphatic imine (C=N–C) groups is 1. The van der Waals surface area contributed by atoms with E-state index in [0.717, 1.165) is 18.5 Å². The Balaban J connectivity index is 0.00000392. The normalized spacial score (nSPS) is 14.2. The van der Waals surface area contributed by atoms with Gasteiger partial charge in [-0.2, -0.15) is 13.2 Å². The molecule has 0 bridgehead atoms. The molecule has 0 aromatic heterocycles. The molecule has 10 heteroatoms. The van der Waals surface area contributed by atoms with Crippen LogP contribution in [0.2, 0.25) is 0 Å². The highest BCUT2D eigenvalue weighted by molar-refractivity contribution is 14.0. The second-order valence-corrected chi connectivity index (χ2v) is 6.14. The van der Waals surface area contributed by atoms with E-state index in [1.165, 1.54) is 5.56 Å². The molecule has 0 spiro atoms. The van der Waals surface area contributed by atoms with Gasteiger partial charge in [0.2, 0.25) is 0 Å². The third kappa shape index (κ3) is 7.19. The summed E-state index contributed by atoms with van der Waals surface area (Å²) in [5, 5.41) is 3.18. The van der Waals surface area contributed by atoms with E-state index in [4.69, 9.17) is 9.47 Å². The average Bonchev–Trinajstić information content (AvgIpc) is 2.65. The highest BCUT2D eigenvalue weighted by Gasteiger charge is 2.27. The van der Waals surface area contributed by atoms with Gasteiger partial charge in [0, 0.05) is 33.3 Å². The Morgan fingerprint density at radius 3 is 2.39 bits per heavy atom. The lowest BCUT2D eigenvalue weighted by atomic mass is 9.99. The van der Waals surface area contributed by atoms with E-state index in [0.29, 0.717) is 37.0 Å². The van der Waals surface area contributed by atoms with Crippen molar-refractivity contribution in [2.24, 2.45) is 4.99 Å². The monoisotopic (exact) mass is 517 g/mol. The Labute approximate surface area is 180 Å². The molecule has 1 heterocycles. The van der Waals surface area contributed by atoms with Crippen molar-refractivity contribution in [1.29, 1.82) is 0 Å². The van der Waals surface area contributed by atoms with E-state index in [1.54, 1.807) is 21.3 Å². The fourth-order valence-electron chi connectivity index (χ4n) is 2.96. The van der Waals surface area contributed by atoms with Crippen molar-refractivity contribution in [2.75, 3.05) is 47.6 Å². The van der Waals surface area contributed by atoms with Crippen LogP contribution in [-0.4, -0.2) is 64.6 Å². The standard InChI is InChI=1S/C18H26F3N3O3.HI/c1-22-17(23-6-4-8-27-12-18(19,20)21)24-7-5-13-9-15(25-2)16(26-3)10-14(13)11-24;/h9-10H,4-8,11-12H2,1-3H3,(H,22,23);1H. The number of benzene rings is 1. The number of halogens is 4. The first kappa shape index (κ1) is 24.6. The van der Waals surface area contributed by atoms with Crippen LogP contribution in [0, 0.1) is 0 Å². The quantitative estimate of drug-likeness (QED) is 0.261. The number of guanidine groups is 1. The molecule has 6 nitrogen and oxygen atoms in total. The van der Waals surface area contributed by atoms with Gasteiger partial charge in [-0.1, -0.05) is 0 Å². The Hall–Kier alpha value is -1.43. The zero-order valence-electron chi connectivity index (χ0n) is 16.3. The van der Waals surface area contributed by atoms with E-state index in [9.17, 15) is 13.2 Å². The van der Waals surface area contributed by atoms with E-state index in [1.807, 2.05) is 12.1 Å². The summed E-state index contributed by atoms with van der Waals surface area (Å²) in [7, 11) is 4.91. The Kier molecular flexibility index (Phi) is 10.1. The predicted molar refractivity (Wildman–Crippen MR) is 112 cm³/mol. The molecular weight excluding hydrogens is 490 g/mol. The van der Waals surface area contributed by atoms with Crippen LogP contribution in [0.5, 0.6) is 11.5 Å². The SMILES string of the molecule is CN=C(NCCCOCC(F)(F)F)N1CCc2cc(OC)c(OC)cc2C1.I. The van der Waals surface area contributed by atoms with Gasteiger partial charge in [-0.15, -0.1) is 24.0 Å². The molecule has 1 aromatic rings. The maximum atomic E-state index is 12.0. The molecule has 1 aliphatic rings. The molecule has 0 atom stereocenters. The summed E-state index contributed by atoms with van der Waals surface area (Å²) < 4.78 is 51.4. The first-order valence-electron chi connectivity index (χ1n) is 8.71. The van der Waals surface area contributed by atoms with Crippen molar-refractivity contribution in [2.45, 2.75) is 25.6 Å². The Morgan fingerprint density at radius 1 is 1.18 bits per heavy atom. The zero-order valence-corrected chi connectivity index (χ0v) is 18.6. The lowest BCUT2D eigenvalue weighted by molar-refractivity contribution is -0.173. The van der Waals surface area contributed by atoms with Crippen molar-refractivity contribution < 1.29 is 27.4 Å². The minimum absolute atomic E-state index is 0. The number of rotatable bonds is 7. The van der Waals surface area contributed by atoms with Crippen LogP contribution < -0.4 is 14.8 Å². The van der Waals surface area contributed by atoms with E-state index in [-0.39, 0.29) is 30.6 Å². The summed E-state index contributed by atoms with van der Waals surface area (Å²) in [6.07, 6.45) is -2.98. The van der Waals surface area contributed by atoms with Gasteiger partial charge in [0.25, 0.3) is 0 Å². The molecule has 0 amide bonds. The van der Waals surface area contributed by atoms with Gasteiger partial charge in [-0.25, -0.2) is 0 Å². The molecule has 1 N–H and O–H groups in total. The highest BCUT2D eigenvalue weighted by Crippen LogP contribution is 2.33. The fraction of sp³-hybridized carbons (Fsp3) is 0.611. The second-order valence-electron chi connectivity index (χ2n) is 6.14. The van der Waals surface area contributed by atoms with E-state index >= 15 is 0 Å².